The van der Waals surface area contributed by atoms with Crippen LogP contribution in [-0.4, -0.2) is 13.3 Å². The summed E-state index contributed by atoms with van der Waals surface area (Å²) in [4.78, 5) is 10.8. The molecule has 2 rings (SSSR count). The summed E-state index contributed by atoms with van der Waals surface area (Å²) in [6, 6.07) is 6.58. The Labute approximate surface area is 127 Å². The van der Waals surface area contributed by atoms with E-state index in [0.717, 1.165) is 21.5 Å². The number of nitrogens with one attached hydrogen (secondary N) is 1. The molecule has 0 unspecified atom stereocenters. The minimum absolute atomic E-state index is 0.00391. The first kappa shape index (κ1) is 15.1. The van der Waals surface area contributed by atoms with Gasteiger partial charge in [-0.1, -0.05) is 0 Å². The lowest BCUT2D eigenvalue weighted by Crippen LogP contribution is -2.22. The Morgan fingerprint density at radius 2 is 1.90 bits per heavy atom. The summed E-state index contributed by atoms with van der Waals surface area (Å²) in [6.45, 7) is 0.164. The summed E-state index contributed by atoms with van der Waals surface area (Å²) in [5.74, 6) is 0. The van der Waals surface area contributed by atoms with E-state index in [1.807, 2.05) is 11.4 Å². The summed E-state index contributed by atoms with van der Waals surface area (Å²) in [7, 11) is -3.68. The number of rotatable bonds is 5. The Morgan fingerprint density at radius 3 is 2.40 bits per heavy atom. The van der Waals surface area contributed by atoms with Crippen molar-refractivity contribution in [3.8, 4) is 0 Å². The van der Waals surface area contributed by atoms with E-state index in [9.17, 15) is 18.5 Å². The maximum atomic E-state index is 12.0. The fourth-order valence-corrected chi connectivity index (χ4v) is 3.96. The van der Waals surface area contributed by atoms with Crippen LogP contribution in [0.1, 0.15) is 4.88 Å². The Hall–Kier alpha value is -1.29. The van der Waals surface area contributed by atoms with Gasteiger partial charge in [-0.3, -0.25) is 10.1 Å². The molecule has 0 aliphatic carbocycles. The molecule has 0 atom stereocenters. The van der Waals surface area contributed by atoms with E-state index >= 15 is 0 Å². The summed E-state index contributed by atoms with van der Waals surface area (Å²) in [5, 5.41) is 12.4. The Balaban J connectivity index is 2.14. The zero-order valence-corrected chi connectivity index (χ0v) is 13.2. The standard InChI is InChI=1S/C11H9BrN2O4S2/c12-10-5-6-19-11(10)7-13-20(17,18)9-3-1-8(2-4-9)14(15)16/h1-6,13H,7H2. The first-order chi connectivity index (χ1) is 9.40. The summed E-state index contributed by atoms with van der Waals surface area (Å²) in [5.41, 5.74) is -0.148. The van der Waals surface area contributed by atoms with Crippen LogP contribution in [-0.2, 0) is 16.6 Å². The van der Waals surface area contributed by atoms with Crippen LogP contribution in [0.3, 0.4) is 0 Å². The van der Waals surface area contributed by atoms with Crippen LogP contribution in [0.4, 0.5) is 5.69 Å². The normalized spacial score (nSPS) is 11.4. The van der Waals surface area contributed by atoms with Gasteiger partial charge in [0.05, 0.1) is 9.82 Å². The predicted molar refractivity (Wildman–Crippen MR) is 79.1 cm³/mol. The quantitative estimate of drug-likeness (QED) is 0.641. The van der Waals surface area contributed by atoms with Gasteiger partial charge in [0, 0.05) is 28.0 Å². The SMILES string of the molecule is O=[N+]([O-])c1ccc(S(=O)(=O)NCc2sccc2Br)cc1. The van der Waals surface area contributed by atoms with Gasteiger partial charge < -0.3 is 0 Å². The van der Waals surface area contributed by atoms with Crippen LogP contribution in [0.25, 0.3) is 0 Å². The van der Waals surface area contributed by atoms with Gasteiger partial charge in [0.1, 0.15) is 0 Å². The minimum atomic E-state index is -3.68. The number of nitrogens with zero attached hydrogens (tertiary/aromatic N) is 1. The van der Waals surface area contributed by atoms with Crippen LogP contribution in [0, 0.1) is 10.1 Å². The molecule has 1 heterocycles. The van der Waals surface area contributed by atoms with Crippen molar-refractivity contribution in [2.24, 2.45) is 0 Å². The lowest BCUT2D eigenvalue weighted by Gasteiger charge is -2.05. The number of non-ortho nitro benzene ring substituents is 1. The third-order valence-electron chi connectivity index (χ3n) is 2.47. The number of hydrogen-bond donors (Lipinski definition) is 1. The lowest BCUT2D eigenvalue weighted by atomic mass is 10.3. The number of nitro groups is 1. The molecule has 0 spiro atoms. The van der Waals surface area contributed by atoms with Crippen molar-refractivity contribution < 1.29 is 13.3 Å². The highest BCUT2D eigenvalue weighted by molar-refractivity contribution is 9.10. The van der Waals surface area contributed by atoms with E-state index in [2.05, 4.69) is 20.7 Å². The molecule has 0 saturated heterocycles. The molecule has 0 saturated carbocycles. The van der Waals surface area contributed by atoms with Crippen molar-refractivity contribution >= 4 is 43.0 Å². The highest BCUT2D eigenvalue weighted by Crippen LogP contribution is 2.23. The Morgan fingerprint density at radius 1 is 1.25 bits per heavy atom. The molecule has 0 aliphatic heterocycles. The van der Waals surface area contributed by atoms with Gasteiger partial charge in [-0.25, -0.2) is 13.1 Å². The molecule has 0 amide bonds. The topological polar surface area (TPSA) is 89.3 Å². The van der Waals surface area contributed by atoms with Crippen molar-refractivity contribution in [2.75, 3.05) is 0 Å². The van der Waals surface area contributed by atoms with Gasteiger partial charge in [0.2, 0.25) is 10.0 Å². The zero-order valence-electron chi connectivity index (χ0n) is 9.95. The van der Waals surface area contributed by atoms with Crippen LogP contribution in [0.15, 0.2) is 45.1 Å². The van der Waals surface area contributed by atoms with Crippen molar-refractivity contribution in [1.29, 1.82) is 0 Å². The van der Waals surface area contributed by atoms with Crippen LogP contribution in [0.2, 0.25) is 0 Å². The van der Waals surface area contributed by atoms with Crippen molar-refractivity contribution in [3.63, 3.8) is 0 Å². The largest absolute Gasteiger partial charge is 0.269 e. The lowest BCUT2D eigenvalue weighted by molar-refractivity contribution is -0.384. The van der Waals surface area contributed by atoms with Crippen LogP contribution < -0.4 is 4.72 Å². The van der Waals surface area contributed by atoms with Crippen molar-refractivity contribution in [2.45, 2.75) is 11.4 Å². The molecule has 0 fully saturated rings. The second-order valence-corrected chi connectivity index (χ2v) is 7.39. The highest BCUT2D eigenvalue weighted by atomic mass is 79.9. The molecule has 1 aromatic carbocycles. The molecule has 20 heavy (non-hydrogen) atoms. The molecule has 0 radical (unpaired) electrons. The van der Waals surface area contributed by atoms with E-state index in [1.54, 1.807) is 0 Å². The molecular weight excluding hydrogens is 368 g/mol. The van der Waals surface area contributed by atoms with Gasteiger partial charge >= 0.3 is 0 Å². The number of hydrogen-bond acceptors (Lipinski definition) is 5. The van der Waals surface area contributed by atoms with Gasteiger partial charge in [-0.2, -0.15) is 0 Å². The van der Waals surface area contributed by atoms with E-state index in [4.69, 9.17) is 0 Å². The Bertz CT molecular complexity index is 725. The molecule has 0 aliphatic rings. The molecule has 1 aromatic heterocycles. The monoisotopic (exact) mass is 376 g/mol. The maximum Gasteiger partial charge on any atom is 0.269 e. The Kier molecular flexibility index (Phi) is 4.53. The predicted octanol–water partition coefficient (Wildman–Crippen LogP) is 2.90. The summed E-state index contributed by atoms with van der Waals surface area (Å²) < 4.78 is 27.3. The third-order valence-corrected chi connectivity index (χ3v) is 5.82. The molecule has 2 aromatic rings. The first-order valence-corrected chi connectivity index (χ1v) is 8.52. The van der Waals surface area contributed by atoms with Crippen molar-refractivity contribution in [1.82, 2.24) is 4.72 Å². The smallest absolute Gasteiger partial charge is 0.258 e. The molecule has 106 valence electrons. The number of sulfonamides is 1. The number of benzene rings is 1. The molecular formula is C11H9BrN2O4S2. The van der Waals surface area contributed by atoms with Gasteiger partial charge in [0.15, 0.2) is 0 Å². The molecule has 9 heteroatoms. The molecule has 1 N–H and O–H groups in total. The van der Waals surface area contributed by atoms with Gasteiger partial charge in [0.25, 0.3) is 5.69 Å². The molecule has 0 bridgehead atoms. The van der Waals surface area contributed by atoms with Crippen LogP contribution in [0.5, 0.6) is 0 Å². The minimum Gasteiger partial charge on any atom is -0.258 e. The maximum absolute atomic E-state index is 12.0. The molecule has 6 nitrogen and oxygen atoms in total. The average molecular weight is 377 g/mol. The number of halogens is 1. The first-order valence-electron chi connectivity index (χ1n) is 5.36. The second-order valence-electron chi connectivity index (χ2n) is 3.77. The van der Waals surface area contributed by atoms with E-state index in [0.29, 0.717) is 0 Å². The van der Waals surface area contributed by atoms with Gasteiger partial charge in [-0.05, 0) is 39.5 Å². The fraction of sp³-hybridized carbons (Fsp3) is 0.0909. The highest BCUT2D eigenvalue weighted by Gasteiger charge is 2.16. The fourth-order valence-electron chi connectivity index (χ4n) is 1.44. The second kappa shape index (κ2) is 6.00. The van der Waals surface area contributed by atoms with E-state index in [1.165, 1.54) is 23.5 Å². The average Bonchev–Trinajstić information content (AvgIpc) is 2.82. The summed E-state index contributed by atoms with van der Waals surface area (Å²) in [6.07, 6.45) is 0. The van der Waals surface area contributed by atoms with Crippen LogP contribution >= 0.6 is 27.3 Å². The van der Waals surface area contributed by atoms with E-state index < -0.39 is 14.9 Å². The number of nitro benzene ring substituents is 1. The zero-order chi connectivity index (χ0) is 14.8. The number of thiophene rings is 1. The van der Waals surface area contributed by atoms with Crippen molar-refractivity contribution in [3.05, 3.63) is 55.2 Å². The van der Waals surface area contributed by atoms with Gasteiger partial charge in [-0.15, -0.1) is 11.3 Å². The van der Waals surface area contributed by atoms with E-state index in [-0.39, 0.29) is 17.1 Å². The summed E-state index contributed by atoms with van der Waals surface area (Å²) >= 11 is 4.75. The third kappa shape index (κ3) is 3.42.